The molecule has 0 bridgehead atoms. The first-order valence-electron chi connectivity index (χ1n) is 7.63. The summed E-state index contributed by atoms with van der Waals surface area (Å²) in [6, 6.07) is 7.85. The summed E-state index contributed by atoms with van der Waals surface area (Å²) in [6.45, 7) is 1.19. The number of hydrogen-bond donors (Lipinski definition) is 0. The van der Waals surface area contributed by atoms with Crippen molar-refractivity contribution in [3.05, 3.63) is 60.2 Å². The van der Waals surface area contributed by atoms with E-state index in [4.69, 9.17) is 0 Å². The van der Waals surface area contributed by atoms with Crippen molar-refractivity contribution in [2.45, 2.75) is 24.1 Å². The zero-order valence-electron chi connectivity index (χ0n) is 12.8. The highest BCUT2D eigenvalue weighted by Crippen LogP contribution is 2.32. The van der Waals surface area contributed by atoms with Crippen molar-refractivity contribution in [2.24, 2.45) is 0 Å². The van der Waals surface area contributed by atoms with Gasteiger partial charge in [-0.1, -0.05) is 6.07 Å². The second-order valence-electron chi connectivity index (χ2n) is 5.34. The van der Waals surface area contributed by atoms with Crippen LogP contribution < -0.4 is 0 Å². The van der Waals surface area contributed by atoms with Gasteiger partial charge in [-0.05, 0) is 47.3 Å². The van der Waals surface area contributed by atoms with Gasteiger partial charge in [0.1, 0.15) is 4.58 Å². The molecule has 0 aliphatic carbocycles. The Morgan fingerprint density at radius 3 is 2.48 bits per heavy atom. The largest absolute Gasteiger partial charge is 0.332 e. The van der Waals surface area contributed by atoms with Gasteiger partial charge in [-0.25, -0.2) is 0 Å². The molecule has 3 rings (SSSR count). The Morgan fingerprint density at radius 2 is 1.78 bits per heavy atom. The molecular weight excluding hydrogens is 326 g/mol. The smallest absolute Gasteiger partial charge is 0.246 e. The van der Waals surface area contributed by atoms with E-state index in [0.29, 0.717) is 13.1 Å². The van der Waals surface area contributed by atoms with Crippen LogP contribution in [-0.4, -0.2) is 36.9 Å². The molecule has 1 aliphatic heterocycles. The molecule has 0 aromatic carbocycles. The maximum atomic E-state index is 13.0. The van der Waals surface area contributed by atoms with Crippen LogP contribution in [0.2, 0.25) is 0 Å². The molecule has 0 N–H and O–H groups in total. The van der Waals surface area contributed by atoms with Gasteiger partial charge in [0, 0.05) is 37.9 Å². The van der Waals surface area contributed by atoms with Gasteiger partial charge in [0.25, 0.3) is 0 Å². The van der Waals surface area contributed by atoms with Crippen molar-refractivity contribution in [2.75, 3.05) is 11.5 Å². The van der Waals surface area contributed by atoms with Crippen molar-refractivity contribution in [3.63, 3.8) is 0 Å². The number of hydrogen-bond acceptors (Lipinski definition) is 5. The number of amides is 1. The Bertz CT molecular complexity index is 577. The third-order valence-electron chi connectivity index (χ3n) is 3.56. The number of rotatable bonds is 5. The molecule has 1 aliphatic rings. The normalized spacial score (nSPS) is 15.3. The summed E-state index contributed by atoms with van der Waals surface area (Å²) in [7, 11) is 0. The Kier molecular flexibility index (Phi) is 5.93. The molecule has 23 heavy (non-hydrogen) atoms. The van der Waals surface area contributed by atoms with Crippen LogP contribution in [0.3, 0.4) is 0 Å². The van der Waals surface area contributed by atoms with Gasteiger partial charge in [-0.15, -0.1) is 23.5 Å². The quantitative estimate of drug-likeness (QED) is 0.833. The molecule has 1 fully saturated rings. The Hall–Kier alpha value is -1.53. The van der Waals surface area contributed by atoms with Crippen LogP contribution in [0.5, 0.6) is 0 Å². The summed E-state index contributed by atoms with van der Waals surface area (Å²) in [6.07, 6.45) is 8.31. The third-order valence-corrected chi connectivity index (χ3v) is 6.43. The Morgan fingerprint density at radius 1 is 1.04 bits per heavy atom. The van der Waals surface area contributed by atoms with Gasteiger partial charge in [-0.2, -0.15) is 0 Å². The molecular formula is C17H19N3OS2. The minimum Gasteiger partial charge on any atom is -0.332 e. The van der Waals surface area contributed by atoms with Crippen LogP contribution in [0.4, 0.5) is 0 Å². The zero-order valence-corrected chi connectivity index (χ0v) is 14.4. The van der Waals surface area contributed by atoms with E-state index in [1.54, 1.807) is 42.1 Å². The summed E-state index contributed by atoms with van der Waals surface area (Å²) < 4.78 is 0.0160. The summed E-state index contributed by atoms with van der Waals surface area (Å²) >= 11 is 3.53. The fourth-order valence-corrected chi connectivity index (χ4v) is 5.19. The molecule has 0 atom stereocenters. The first-order valence-corrected chi connectivity index (χ1v) is 9.72. The van der Waals surface area contributed by atoms with Gasteiger partial charge in [0.05, 0.1) is 0 Å². The van der Waals surface area contributed by atoms with Gasteiger partial charge < -0.3 is 4.90 Å². The molecule has 0 unspecified atom stereocenters. The van der Waals surface area contributed by atoms with Crippen molar-refractivity contribution < 1.29 is 4.79 Å². The topological polar surface area (TPSA) is 46.1 Å². The van der Waals surface area contributed by atoms with Gasteiger partial charge >= 0.3 is 0 Å². The summed E-state index contributed by atoms with van der Waals surface area (Å²) in [4.78, 5) is 23.1. The average Bonchev–Trinajstić information content (AvgIpc) is 2.63. The first-order chi connectivity index (χ1) is 11.3. The maximum absolute atomic E-state index is 13.0. The van der Waals surface area contributed by atoms with E-state index < -0.39 is 0 Å². The predicted octanol–water partition coefficient (Wildman–Crippen LogP) is 3.20. The van der Waals surface area contributed by atoms with Crippen LogP contribution in [0.25, 0.3) is 0 Å². The molecule has 1 saturated heterocycles. The lowest BCUT2D eigenvalue weighted by Gasteiger charge is -2.29. The fraction of sp³-hybridized carbons (Fsp3) is 0.353. The monoisotopic (exact) mass is 345 g/mol. The van der Waals surface area contributed by atoms with E-state index in [-0.39, 0.29) is 10.5 Å². The van der Waals surface area contributed by atoms with E-state index in [1.807, 2.05) is 35.4 Å². The molecule has 1 amide bonds. The van der Waals surface area contributed by atoms with Crippen molar-refractivity contribution in [1.82, 2.24) is 14.9 Å². The molecule has 2 aromatic rings. The van der Waals surface area contributed by atoms with Crippen molar-refractivity contribution in [3.8, 4) is 0 Å². The molecule has 6 heteroatoms. The number of nitrogens with zero attached hydrogens (tertiary/aromatic N) is 3. The lowest BCUT2D eigenvalue weighted by molar-refractivity contribution is -0.130. The highest BCUT2D eigenvalue weighted by Gasteiger charge is 2.27. The van der Waals surface area contributed by atoms with Gasteiger partial charge in [0.2, 0.25) is 5.91 Å². The summed E-state index contributed by atoms with van der Waals surface area (Å²) in [5.74, 6) is 2.35. The SMILES string of the molecule is O=C(C1SCCCS1)N(Cc1ccncc1)Cc1cccnc1. The van der Waals surface area contributed by atoms with Crippen molar-refractivity contribution >= 4 is 29.4 Å². The van der Waals surface area contributed by atoms with E-state index in [9.17, 15) is 4.79 Å². The van der Waals surface area contributed by atoms with Gasteiger partial charge in [-0.3, -0.25) is 14.8 Å². The van der Waals surface area contributed by atoms with Crippen LogP contribution in [0, 0.1) is 0 Å². The number of thioether (sulfide) groups is 2. The molecule has 0 radical (unpaired) electrons. The number of pyridine rings is 2. The summed E-state index contributed by atoms with van der Waals surface area (Å²) in [5, 5.41) is 0. The lowest BCUT2D eigenvalue weighted by Crippen LogP contribution is -2.36. The van der Waals surface area contributed by atoms with Crippen LogP contribution >= 0.6 is 23.5 Å². The molecule has 120 valence electrons. The van der Waals surface area contributed by atoms with Crippen LogP contribution in [0.1, 0.15) is 17.5 Å². The third kappa shape index (κ3) is 4.72. The van der Waals surface area contributed by atoms with E-state index in [0.717, 1.165) is 22.6 Å². The predicted molar refractivity (Wildman–Crippen MR) is 96.0 cm³/mol. The lowest BCUT2D eigenvalue weighted by atomic mass is 10.2. The minimum atomic E-state index is 0.0160. The second kappa shape index (κ2) is 8.36. The second-order valence-corrected chi connectivity index (χ2v) is 8.06. The molecule has 0 saturated carbocycles. The van der Waals surface area contributed by atoms with E-state index in [2.05, 4.69) is 9.97 Å². The minimum absolute atomic E-state index is 0.0160. The van der Waals surface area contributed by atoms with Gasteiger partial charge in [0.15, 0.2) is 0 Å². The standard InChI is InChI=1S/C17H19N3OS2/c21-16(17-22-9-2-10-23-17)20(12-14-4-7-18-8-5-14)13-15-3-1-6-19-11-15/h1,3-8,11,17H,2,9-10,12-13H2. The Labute approximate surface area is 145 Å². The van der Waals surface area contributed by atoms with Crippen LogP contribution in [-0.2, 0) is 17.9 Å². The summed E-state index contributed by atoms with van der Waals surface area (Å²) in [5.41, 5.74) is 2.16. The molecule has 2 aromatic heterocycles. The zero-order chi connectivity index (χ0) is 15.9. The van der Waals surface area contributed by atoms with E-state index in [1.165, 1.54) is 6.42 Å². The van der Waals surface area contributed by atoms with Crippen molar-refractivity contribution in [1.29, 1.82) is 0 Å². The maximum Gasteiger partial charge on any atom is 0.246 e. The Balaban J connectivity index is 1.76. The first kappa shape index (κ1) is 16.3. The highest BCUT2D eigenvalue weighted by molar-refractivity contribution is 8.18. The van der Waals surface area contributed by atoms with E-state index >= 15 is 0 Å². The number of carbonyl (C=O) groups excluding carboxylic acids is 1. The average molecular weight is 345 g/mol. The number of carbonyl (C=O) groups is 1. The molecule has 0 spiro atoms. The molecule has 4 nitrogen and oxygen atoms in total. The number of aromatic nitrogens is 2. The molecule has 3 heterocycles. The fourth-order valence-electron chi connectivity index (χ4n) is 2.41. The van der Waals surface area contributed by atoms with Crippen LogP contribution in [0.15, 0.2) is 49.1 Å². The highest BCUT2D eigenvalue weighted by atomic mass is 32.2.